The van der Waals surface area contributed by atoms with E-state index in [1.54, 1.807) is 6.33 Å². The summed E-state index contributed by atoms with van der Waals surface area (Å²) in [5, 5.41) is 11.3. The summed E-state index contributed by atoms with van der Waals surface area (Å²) in [7, 11) is 0. The molecule has 0 bridgehead atoms. The molecule has 0 fully saturated rings. The monoisotopic (exact) mass is 950 g/mol. The molecule has 0 saturated carbocycles. The number of nitrogens with zero attached hydrogens (tertiary/aromatic N) is 6. The molecular formula is C50H55N6OPt-3. The van der Waals surface area contributed by atoms with Crippen LogP contribution in [0.3, 0.4) is 0 Å². The maximum atomic E-state index is 6.80. The Morgan fingerprint density at radius 2 is 1.36 bits per heavy atom. The second kappa shape index (κ2) is 15.6. The average molecular weight is 951 g/mol. The fourth-order valence-electron chi connectivity index (χ4n) is 7.75. The number of ether oxygens (including phenoxy) is 1. The number of anilines is 2. The molecule has 8 rings (SSSR count). The first kappa shape index (κ1) is 42.5. The largest absolute Gasteiger partial charge is 0.509 e. The average Bonchev–Trinajstić information content (AvgIpc) is 3.87. The molecule has 58 heavy (non-hydrogen) atoms. The van der Waals surface area contributed by atoms with Crippen LogP contribution in [-0.4, -0.2) is 26.0 Å². The number of aromatic nitrogens is 4. The van der Waals surface area contributed by atoms with Crippen LogP contribution in [0.1, 0.15) is 84.6 Å². The molecule has 2 aromatic heterocycles. The van der Waals surface area contributed by atoms with E-state index in [-0.39, 0.29) is 44.7 Å². The first-order valence-corrected chi connectivity index (χ1v) is 19.5. The summed E-state index contributed by atoms with van der Waals surface area (Å²) < 4.78 is 11.0. The van der Waals surface area contributed by atoms with E-state index in [1.165, 1.54) is 22.5 Å². The normalized spacial score (nSPS) is 13.5. The van der Waals surface area contributed by atoms with Crippen molar-refractivity contribution < 1.29 is 25.8 Å². The van der Waals surface area contributed by atoms with E-state index in [9.17, 15) is 0 Å². The zero-order valence-corrected chi connectivity index (χ0v) is 38.2. The van der Waals surface area contributed by atoms with Crippen molar-refractivity contribution in [3.05, 3.63) is 151 Å². The van der Waals surface area contributed by atoms with Crippen molar-refractivity contribution >= 4 is 33.2 Å². The van der Waals surface area contributed by atoms with E-state index < -0.39 is 0 Å². The van der Waals surface area contributed by atoms with Gasteiger partial charge in [-0.15, -0.1) is 51.5 Å². The zero-order valence-electron chi connectivity index (χ0n) is 35.9. The molecule has 1 aliphatic rings. The fraction of sp³-hybridized carbons (Fsp3) is 0.300. The van der Waals surface area contributed by atoms with E-state index in [4.69, 9.17) is 9.84 Å². The van der Waals surface area contributed by atoms with Crippen LogP contribution in [-0.2, 0) is 31.9 Å². The fourth-order valence-corrected chi connectivity index (χ4v) is 7.75. The molecule has 0 atom stereocenters. The number of hydrogen-bond donors (Lipinski definition) is 0. The van der Waals surface area contributed by atoms with Crippen LogP contribution in [0.25, 0.3) is 33.4 Å². The van der Waals surface area contributed by atoms with Gasteiger partial charge in [0.05, 0.1) is 12.4 Å². The quantitative estimate of drug-likeness (QED) is 0.156. The number of para-hydroxylation sites is 2. The Morgan fingerprint density at radius 1 is 0.672 bits per heavy atom. The number of fused-ring (bicyclic) bond motifs is 3. The number of rotatable bonds is 6. The standard InChI is InChI=1S/C49H52N6O.CH3.Pt/c1-32-16-14-17-33(2)45(32)53-30-50-51-46(53)55-42-21-13-12-20-40(42)41-23-22-38(28-43(41)55)56-39-26-35(48(6,7)8)25-37(27-39)54-31-52(29-44(54)49(9,10)11)36-19-15-18-34(24-36)47(3,4)5;;/h12-26,29-30H,31H2,1-11H3;1H3;/q-2;-1;. The van der Waals surface area contributed by atoms with Gasteiger partial charge in [0, 0.05) is 61.1 Å². The number of allylic oxidation sites excluding steroid dienone is 1. The van der Waals surface area contributed by atoms with Gasteiger partial charge in [-0.25, -0.2) is 0 Å². The summed E-state index contributed by atoms with van der Waals surface area (Å²) in [4.78, 5) is 4.74. The smallest absolute Gasteiger partial charge is 0.238 e. The topological polar surface area (TPSA) is 51.4 Å². The van der Waals surface area contributed by atoms with Crippen LogP contribution in [0.4, 0.5) is 11.4 Å². The number of hydrogen-bond acceptors (Lipinski definition) is 5. The minimum absolute atomic E-state index is 0. The third-order valence-corrected chi connectivity index (χ3v) is 10.8. The van der Waals surface area contributed by atoms with Gasteiger partial charge in [0.1, 0.15) is 6.33 Å². The summed E-state index contributed by atoms with van der Waals surface area (Å²) in [6.07, 6.45) is 4.10. The Bertz CT molecular complexity index is 2630. The third-order valence-electron chi connectivity index (χ3n) is 10.8. The minimum atomic E-state index is -0.133. The Labute approximate surface area is 359 Å². The van der Waals surface area contributed by atoms with Crippen LogP contribution < -0.4 is 14.5 Å². The zero-order chi connectivity index (χ0) is 39.7. The molecule has 8 heteroatoms. The van der Waals surface area contributed by atoms with Crippen molar-refractivity contribution in [2.24, 2.45) is 5.41 Å². The number of benzene rings is 5. The van der Waals surface area contributed by atoms with Gasteiger partial charge >= 0.3 is 0 Å². The third kappa shape index (κ3) is 7.86. The van der Waals surface area contributed by atoms with E-state index in [0.717, 1.165) is 44.3 Å². The van der Waals surface area contributed by atoms with Gasteiger partial charge in [-0.2, -0.15) is 6.07 Å². The molecule has 1 aliphatic heterocycles. The van der Waals surface area contributed by atoms with E-state index >= 15 is 0 Å². The maximum absolute atomic E-state index is 6.80. The molecule has 7 nitrogen and oxygen atoms in total. The molecule has 0 unspecified atom stereocenters. The van der Waals surface area contributed by atoms with Crippen LogP contribution in [0.15, 0.2) is 109 Å². The molecule has 0 saturated heterocycles. The second-order valence-electron chi connectivity index (χ2n) is 18.3. The second-order valence-corrected chi connectivity index (χ2v) is 18.3. The Kier molecular flexibility index (Phi) is 11.4. The molecule has 304 valence electrons. The Hall–Kier alpha value is -5.13. The summed E-state index contributed by atoms with van der Waals surface area (Å²) in [6.45, 7) is 25.3. The summed E-state index contributed by atoms with van der Waals surface area (Å²) >= 11 is 0. The van der Waals surface area contributed by atoms with Crippen molar-refractivity contribution in [2.45, 2.75) is 87.0 Å². The Morgan fingerprint density at radius 3 is 2.05 bits per heavy atom. The van der Waals surface area contributed by atoms with Gasteiger partial charge in [0.2, 0.25) is 5.95 Å². The molecular weight excluding hydrogens is 896 g/mol. The van der Waals surface area contributed by atoms with Crippen molar-refractivity contribution in [2.75, 3.05) is 16.5 Å². The first-order valence-electron chi connectivity index (χ1n) is 19.5. The summed E-state index contributed by atoms with van der Waals surface area (Å²) in [5.74, 6) is 1.94. The maximum Gasteiger partial charge on any atom is 0.238 e. The summed E-state index contributed by atoms with van der Waals surface area (Å²) in [6, 6.07) is 39.5. The minimum Gasteiger partial charge on any atom is -0.509 e. The van der Waals surface area contributed by atoms with Crippen molar-refractivity contribution in [1.29, 1.82) is 0 Å². The molecule has 0 radical (unpaired) electrons. The molecule has 0 amide bonds. The number of aryl methyl sites for hydroxylation is 2. The van der Waals surface area contributed by atoms with Crippen molar-refractivity contribution in [3.8, 4) is 23.1 Å². The van der Waals surface area contributed by atoms with Gasteiger partial charge in [-0.1, -0.05) is 122 Å². The predicted octanol–water partition coefficient (Wildman–Crippen LogP) is 12.6. The van der Waals surface area contributed by atoms with Crippen molar-refractivity contribution in [1.82, 2.24) is 19.3 Å². The van der Waals surface area contributed by atoms with E-state index in [2.05, 4.69) is 203 Å². The molecule has 7 aromatic rings. The molecule has 0 N–H and O–H groups in total. The van der Waals surface area contributed by atoms with Crippen LogP contribution in [0.5, 0.6) is 11.5 Å². The van der Waals surface area contributed by atoms with Crippen molar-refractivity contribution in [3.63, 3.8) is 0 Å². The van der Waals surface area contributed by atoms with Crippen LogP contribution in [0.2, 0.25) is 0 Å². The van der Waals surface area contributed by atoms with Crippen LogP contribution in [0, 0.1) is 38.8 Å². The molecule has 3 heterocycles. The van der Waals surface area contributed by atoms with Crippen LogP contribution >= 0.6 is 0 Å². The van der Waals surface area contributed by atoms with E-state index in [1.807, 2.05) is 6.07 Å². The SMILES string of the molecule is Cc1cccc(C)c1-n1cnnc1-n1c2[c-]c(Oc3[c-]c(N4CN(c5cccc(C(C)(C)C)c5)C=C4C(C)(C)C)cc(C(C)(C)C)c3)ccc2c2ccccc21.[CH3-].[Pt]. The summed E-state index contributed by atoms with van der Waals surface area (Å²) in [5.41, 5.74) is 10.9. The van der Waals surface area contributed by atoms with Gasteiger partial charge in [0.25, 0.3) is 0 Å². The molecule has 0 spiro atoms. The van der Waals surface area contributed by atoms with Gasteiger partial charge in [-0.05, 0) is 65.0 Å². The van der Waals surface area contributed by atoms with Gasteiger partial charge in [0.15, 0.2) is 0 Å². The van der Waals surface area contributed by atoms with Gasteiger partial charge < -0.3 is 26.5 Å². The first-order chi connectivity index (χ1) is 26.5. The Balaban J connectivity index is 0.00000283. The molecule has 0 aliphatic carbocycles. The predicted molar refractivity (Wildman–Crippen MR) is 237 cm³/mol. The van der Waals surface area contributed by atoms with Gasteiger partial charge in [-0.3, -0.25) is 4.57 Å². The van der Waals surface area contributed by atoms with E-state index in [0.29, 0.717) is 24.1 Å². The molecule has 5 aromatic carbocycles.